The first kappa shape index (κ1) is 17.5. The molecule has 1 N–H and O–H groups in total. The van der Waals surface area contributed by atoms with Crippen molar-refractivity contribution in [2.75, 3.05) is 12.3 Å². The van der Waals surface area contributed by atoms with Crippen LogP contribution in [-0.2, 0) is 17.0 Å². The van der Waals surface area contributed by atoms with Crippen LogP contribution < -0.4 is 5.32 Å². The zero-order valence-corrected chi connectivity index (χ0v) is 13.5. The van der Waals surface area contributed by atoms with Crippen molar-refractivity contribution in [1.29, 1.82) is 0 Å². The lowest BCUT2D eigenvalue weighted by Crippen LogP contribution is -2.26. The molecule has 0 unspecified atom stereocenters. The van der Waals surface area contributed by atoms with E-state index in [1.165, 1.54) is 30.0 Å². The van der Waals surface area contributed by atoms with Gasteiger partial charge in [0.25, 0.3) is 0 Å². The molecule has 0 aliphatic rings. The van der Waals surface area contributed by atoms with Gasteiger partial charge in [0.15, 0.2) is 0 Å². The first-order chi connectivity index (χ1) is 11.1. The van der Waals surface area contributed by atoms with Gasteiger partial charge in [-0.3, -0.25) is 4.79 Å². The number of thioether (sulfide) groups is 1. The van der Waals surface area contributed by atoms with Crippen LogP contribution in [0.3, 0.4) is 0 Å². The predicted molar refractivity (Wildman–Crippen MR) is 90.3 cm³/mol. The summed E-state index contributed by atoms with van der Waals surface area (Å²) >= 11 is 1.39. The molecule has 0 saturated heterocycles. The fraction of sp³-hybridized carbons (Fsp3) is 0.278. The summed E-state index contributed by atoms with van der Waals surface area (Å²) in [5.41, 5.74) is 1.66. The second kappa shape index (κ2) is 9.30. The van der Waals surface area contributed by atoms with E-state index in [4.69, 9.17) is 0 Å². The molecule has 0 bridgehead atoms. The highest BCUT2D eigenvalue weighted by atomic mass is 32.2. The Labute approximate surface area is 139 Å². The molecule has 0 aromatic heterocycles. The van der Waals surface area contributed by atoms with Gasteiger partial charge in [0.2, 0.25) is 5.91 Å². The van der Waals surface area contributed by atoms with Gasteiger partial charge in [0.1, 0.15) is 11.6 Å². The van der Waals surface area contributed by atoms with Gasteiger partial charge >= 0.3 is 0 Å². The summed E-state index contributed by atoms with van der Waals surface area (Å²) in [6.07, 6.45) is 1.60. The van der Waals surface area contributed by atoms with E-state index in [1.54, 1.807) is 30.3 Å². The predicted octanol–water partition coefficient (Wildman–Crippen LogP) is 3.95. The first-order valence-corrected chi connectivity index (χ1v) is 8.63. The summed E-state index contributed by atoms with van der Waals surface area (Å²) < 4.78 is 26.2. The smallest absolute Gasteiger partial charge is 0.230 e. The van der Waals surface area contributed by atoms with Gasteiger partial charge in [0.05, 0.1) is 5.75 Å². The third kappa shape index (κ3) is 6.40. The number of amides is 1. The van der Waals surface area contributed by atoms with E-state index >= 15 is 0 Å². The molecule has 1 amide bonds. The average Bonchev–Trinajstić information content (AvgIpc) is 2.55. The molecule has 0 aliphatic carbocycles. The summed E-state index contributed by atoms with van der Waals surface area (Å²) in [5.74, 6) is 0.264. The van der Waals surface area contributed by atoms with E-state index in [9.17, 15) is 13.6 Å². The summed E-state index contributed by atoms with van der Waals surface area (Å²) in [7, 11) is 0. The topological polar surface area (TPSA) is 29.1 Å². The maximum absolute atomic E-state index is 13.4. The second-order valence-corrected chi connectivity index (χ2v) is 6.15. The highest BCUT2D eigenvalue weighted by molar-refractivity contribution is 7.99. The number of halogens is 2. The van der Waals surface area contributed by atoms with Gasteiger partial charge in [-0.05, 0) is 42.2 Å². The van der Waals surface area contributed by atoms with E-state index in [0.29, 0.717) is 23.6 Å². The van der Waals surface area contributed by atoms with Crippen LogP contribution in [0.15, 0.2) is 48.5 Å². The highest BCUT2D eigenvalue weighted by Crippen LogP contribution is 2.15. The molecular weight excluding hydrogens is 316 g/mol. The van der Waals surface area contributed by atoms with Gasteiger partial charge < -0.3 is 5.32 Å². The molecule has 23 heavy (non-hydrogen) atoms. The van der Waals surface area contributed by atoms with Crippen molar-refractivity contribution < 1.29 is 13.6 Å². The Hall–Kier alpha value is -1.88. The quantitative estimate of drug-likeness (QED) is 0.740. The van der Waals surface area contributed by atoms with E-state index in [2.05, 4.69) is 5.32 Å². The van der Waals surface area contributed by atoms with Crippen molar-refractivity contribution in [2.45, 2.75) is 18.6 Å². The van der Waals surface area contributed by atoms with E-state index in [0.717, 1.165) is 18.4 Å². The van der Waals surface area contributed by atoms with Crippen molar-refractivity contribution in [1.82, 2.24) is 5.32 Å². The molecule has 0 saturated carbocycles. The van der Waals surface area contributed by atoms with Crippen LogP contribution in [0.4, 0.5) is 8.78 Å². The number of rotatable bonds is 8. The number of benzene rings is 2. The van der Waals surface area contributed by atoms with E-state index in [1.807, 2.05) is 0 Å². The zero-order valence-electron chi connectivity index (χ0n) is 12.7. The van der Waals surface area contributed by atoms with Crippen molar-refractivity contribution in [3.8, 4) is 0 Å². The molecule has 2 rings (SSSR count). The summed E-state index contributed by atoms with van der Waals surface area (Å²) in [6, 6.07) is 13.0. The third-order valence-electron chi connectivity index (χ3n) is 3.33. The lowest BCUT2D eigenvalue weighted by atomic mass is 10.1. The van der Waals surface area contributed by atoms with Crippen LogP contribution in [0, 0.1) is 11.6 Å². The summed E-state index contributed by atoms with van der Waals surface area (Å²) in [4.78, 5) is 11.7. The Morgan fingerprint density at radius 1 is 1.04 bits per heavy atom. The highest BCUT2D eigenvalue weighted by Gasteiger charge is 2.04. The largest absolute Gasteiger partial charge is 0.355 e. The number of nitrogens with one attached hydrogen (secondary N) is 1. The Morgan fingerprint density at radius 3 is 2.52 bits per heavy atom. The van der Waals surface area contributed by atoms with Gasteiger partial charge in [-0.1, -0.05) is 30.3 Å². The molecular formula is C18H19F2NOS. The minimum atomic E-state index is -0.242. The molecule has 122 valence electrons. The normalized spacial score (nSPS) is 10.5. The first-order valence-electron chi connectivity index (χ1n) is 7.47. The summed E-state index contributed by atoms with van der Waals surface area (Å²) in [5, 5.41) is 2.84. The number of aryl methyl sites for hydroxylation is 1. The molecule has 0 aliphatic heterocycles. The number of carbonyl (C=O) groups excluding carboxylic acids is 1. The molecule has 0 atom stereocenters. The maximum Gasteiger partial charge on any atom is 0.230 e. The number of hydrogen-bond donors (Lipinski definition) is 1. The monoisotopic (exact) mass is 335 g/mol. The molecule has 2 aromatic rings. The molecule has 0 radical (unpaired) electrons. The minimum absolute atomic E-state index is 0.0505. The average molecular weight is 335 g/mol. The van der Waals surface area contributed by atoms with Crippen molar-refractivity contribution in [3.05, 3.63) is 71.3 Å². The molecule has 2 aromatic carbocycles. The molecule has 0 spiro atoms. The van der Waals surface area contributed by atoms with Gasteiger partial charge in [0, 0.05) is 12.3 Å². The fourth-order valence-corrected chi connectivity index (χ4v) is 2.94. The molecule has 0 heterocycles. The Balaban J connectivity index is 1.58. The van der Waals surface area contributed by atoms with Crippen molar-refractivity contribution in [2.24, 2.45) is 0 Å². The Morgan fingerprint density at radius 2 is 1.78 bits per heavy atom. The molecule has 0 fully saturated rings. The van der Waals surface area contributed by atoms with Gasteiger partial charge in [-0.15, -0.1) is 11.8 Å². The standard InChI is InChI=1S/C18H19F2NOS/c19-16-9-7-14(8-10-16)4-3-11-21-18(22)13-23-12-15-5-1-2-6-17(15)20/h1-2,5-10H,3-4,11-13H2,(H,21,22). The van der Waals surface area contributed by atoms with Crippen LogP contribution in [-0.4, -0.2) is 18.2 Å². The van der Waals surface area contributed by atoms with Gasteiger partial charge in [-0.2, -0.15) is 0 Å². The van der Waals surface area contributed by atoms with Crippen molar-refractivity contribution in [3.63, 3.8) is 0 Å². The second-order valence-electron chi connectivity index (χ2n) is 5.16. The Bertz CT molecular complexity index is 631. The van der Waals surface area contributed by atoms with Crippen LogP contribution in [0.1, 0.15) is 17.5 Å². The summed E-state index contributed by atoms with van der Waals surface area (Å²) in [6.45, 7) is 0.580. The van der Waals surface area contributed by atoms with Crippen LogP contribution in [0.5, 0.6) is 0 Å². The fourth-order valence-electron chi connectivity index (χ4n) is 2.09. The van der Waals surface area contributed by atoms with Crippen LogP contribution in [0.2, 0.25) is 0 Å². The van der Waals surface area contributed by atoms with Crippen LogP contribution >= 0.6 is 11.8 Å². The number of carbonyl (C=O) groups is 1. The van der Waals surface area contributed by atoms with E-state index < -0.39 is 0 Å². The van der Waals surface area contributed by atoms with Gasteiger partial charge in [-0.25, -0.2) is 8.78 Å². The molecule has 2 nitrogen and oxygen atoms in total. The Kier molecular flexibility index (Phi) is 7.07. The maximum atomic E-state index is 13.4. The van der Waals surface area contributed by atoms with Crippen LogP contribution in [0.25, 0.3) is 0 Å². The number of hydrogen-bond acceptors (Lipinski definition) is 2. The minimum Gasteiger partial charge on any atom is -0.355 e. The third-order valence-corrected chi connectivity index (χ3v) is 4.31. The lowest BCUT2D eigenvalue weighted by molar-refractivity contribution is -0.118. The molecule has 5 heteroatoms. The van der Waals surface area contributed by atoms with E-state index in [-0.39, 0.29) is 17.5 Å². The zero-order chi connectivity index (χ0) is 16.5. The van der Waals surface area contributed by atoms with Crippen molar-refractivity contribution >= 4 is 17.7 Å². The SMILES string of the molecule is O=C(CSCc1ccccc1F)NCCCc1ccc(F)cc1. The lowest BCUT2D eigenvalue weighted by Gasteiger charge is -2.06.